The third kappa shape index (κ3) is 3.69. The lowest BCUT2D eigenvalue weighted by Crippen LogP contribution is -2.31. The number of nitrogens with zero attached hydrogens (tertiary/aromatic N) is 5. The maximum Gasteiger partial charge on any atom is 0.263 e. The Morgan fingerprint density at radius 1 is 1.16 bits per heavy atom. The number of pyridine rings is 1. The minimum Gasteiger partial charge on any atom is -0.343 e. The van der Waals surface area contributed by atoms with Crippen molar-refractivity contribution in [3.05, 3.63) is 52.1 Å². The van der Waals surface area contributed by atoms with Crippen LogP contribution in [0.2, 0.25) is 0 Å². The van der Waals surface area contributed by atoms with Gasteiger partial charge < -0.3 is 5.32 Å². The maximum absolute atomic E-state index is 12.9. The standard InChI is InChI=1S/C22H23N7OS/c1-22(2,3)21-24-10-16(31-21)20(30)28-15-6-4-5-12-7-13(8-23-18(12)15)17-14-9-27-29-19(14)26-11-25-17/h7-11,15H,4-6H2,1-3H3,(H,28,30)(H,25,26,27,29)/t15-/m1/s1. The quantitative estimate of drug-likeness (QED) is 0.506. The Hall–Kier alpha value is -3.20. The molecule has 0 aliphatic heterocycles. The van der Waals surface area contributed by atoms with Crippen LogP contribution < -0.4 is 5.32 Å². The first-order chi connectivity index (χ1) is 14.9. The Labute approximate surface area is 183 Å². The normalized spacial score (nSPS) is 16.3. The molecule has 0 saturated heterocycles. The van der Waals surface area contributed by atoms with Gasteiger partial charge in [-0.1, -0.05) is 20.8 Å². The van der Waals surface area contributed by atoms with Crippen molar-refractivity contribution in [1.29, 1.82) is 0 Å². The van der Waals surface area contributed by atoms with Crippen LogP contribution in [-0.2, 0) is 11.8 Å². The highest BCUT2D eigenvalue weighted by atomic mass is 32.1. The summed E-state index contributed by atoms with van der Waals surface area (Å²) in [6.45, 7) is 6.30. The molecule has 158 valence electrons. The molecule has 0 saturated carbocycles. The summed E-state index contributed by atoms with van der Waals surface area (Å²) in [7, 11) is 0. The Morgan fingerprint density at radius 2 is 2.03 bits per heavy atom. The number of aryl methyl sites for hydroxylation is 1. The average molecular weight is 434 g/mol. The first kappa shape index (κ1) is 19.7. The fourth-order valence-electron chi connectivity index (χ4n) is 3.89. The van der Waals surface area contributed by atoms with Gasteiger partial charge in [-0.3, -0.25) is 14.9 Å². The number of nitrogens with one attached hydrogen (secondary N) is 2. The minimum absolute atomic E-state index is 0.0695. The summed E-state index contributed by atoms with van der Waals surface area (Å²) in [5.74, 6) is -0.0902. The molecule has 9 heteroatoms. The second kappa shape index (κ2) is 7.49. The first-order valence-electron chi connectivity index (χ1n) is 10.3. The number of aromatic nitrogens is 6. The van der Waals surface area contributed by atoms with E-state index in [4.69, 9.17) is 4.98 Å². The monoisotopic (exact) mass is 433 g/mol. The molecule has 0 spiro atoms. The molecule has 0 fully saturated rings. The van der Waals surface area contributed by atoms with Crippen molar-refractivity contribution in [2.24, 2.45) is 0 Å². The van der Waals surface area contributed by atoms with Crippen molar-refractivity contribution >= 4 is 28.3 Å². The predicted molar refractivity (Wildman–Crippen MR) is 119 cm³/mol. The highest BCUT2D eigenvalue weighted by Gasteiger charge is 2.26. The molecule has 2 N–H and O–H groups in total. The lowest BCUT2D eigenvalue weighted by molar-refractivity contribution is 0.0935. The van der Waals surface area contributed by atoms with Crippen molar-refractivity contribution in [2.45, 2.75) is 51.5 Å². The van der Waals surface area contributed by atoms with Crippen LogP contribution >= 0.6 is 11.3 Å². The molecular weight excluding hydrogens is 410 g/mol. The number of fused-ring (bicyclic) bond motifs is 2. The third-order valence-corrected chi connectivity index (χ3v) is 6.89. The molecule has 4 aromatic heterocycles. The first-order valence-corrected chi connectivity index (χ1v) is 11.1. The Kier molecular flexibility index (Phi) is 4.77. The zero-order valence-corrected chi connectivity index (χ0v) is 18.5. The summed E-state index contributed by atoms with van der Waals surface area (Å²) in [6, 6.07) is 2.02. The topological polar surface area (TPSA) is 109 Å². The van der Waals surface area contributed by atoms with Gasteiger partial charge in [0.25, 0.3) is 5.91 Å². The van der Waals surface area contributed by atoms with Crippen molar-refractivity contribution in [3.63, 3.8) is 0 Å². The molecule has 0 aromatic carbocycles. The molecule has 1 amide bonds. The fourth-order valence-corrected chi connectivity index (χ4v) is 4.77. The van der Waals surface area contributed by atoms with Gasteiger partial charge in [0, 0.05) is 17.2 Å². The number of thiazole rings is 1. The average Bonchev–Trinajstić information content (AvgIpc) is 3.43. The number of carbonyl (C=O) groups is 1. The van der Waals surface area contributed by atoms with E-state index in [1.165, 1.54) is 17.7 Å². The molecule has 4 heterocycles. The second-order valence-corrected chi connectivity index (χ2v) is 9.85. The molecule has 1 atom stereocenters. The van der Waals surface area contributed by atoms with Crippen LogP contribution in [0, 0.1) is 0 Å². The highest BCUT2D eigenvalue weighted by Crippen LogP contribution is 2.33. The number of hydrogen-bond donors (Lipinski definition) is 2. The summed E-state index contributed by atoms with van der Waals surface area (Å²) in [6.07, 6.45) is 9.54. The number of hydrogen-bond acceptors (Lipinski definition) is 7. The minimum atomic E-state index is -0.107. The van der Waals surface area contributed by atoms with Crippen LogP contribution in [-0.4, -0.2) is 36.0 Å². The van der Waals surface area contributed by atoms with Gasteiger partial charge in [-0.15, -0.1) is 11.3 Å². The van der Waals surface area contributed by atoms with E-state index in [2.05, 4.69) is 57.3 Å². The number of rotatable bonds is 3. The summed E-state index contributed by atoms with van der Waals surface area (Å²) in [5.41, 5.74) is 4.44. The number of carbonyl (C=O) groups excluding carboxylic acids is 1. The summed E-state index contributed by atoms with van der Waals surface area (Å²) in [4.78, 5) is 31.3. The maximum atomic E-state index is 12.9. The van der Waals surface area contributed by atoms with Crippen LogP contribution in [0.4, 0.5) is 0 Å². The van der Waals surface area contributed by atoms with Crippen molar-refractivity contribution in [3.8, 4) is 11.3 Å². The molecule has 1 aliphatic rings. The van der Waals surface area contributed by atoms with Gasteiger partial charge in [-0.05, 0) is 30.9 Å². The molecule has 1 aliphatic carbocycles. The van der Waals surface area contributed by atoms with E-state index in [9.17, 15) is 4.79 Å². The van der Waals surface area contributed by atoms with Crippen LogP contribution in [0.1, 0.15) is 65.6 Å². The van der Waals surface area contributed by atoms with E-state index in [1.54, 1.807) is 12.4 Å². The lowest BCUT2D eigenvalue weighted by atomic mass is 9.90. The van der Waals surface area contributed by atoms with Gasteiger partial charge in [0.1, 0.15) is 11.2 Å². The molecule has 8 nitrogen and oxygen atoms in total. The van der Waals surface area contributed by atoms with Crippen molar-refractivity contribution < 1.29 is 4.79 Å². The number of amides is 1. The predicted octanol–water partition coefficient (Wildman–Crippen LogP) is 3.98. The summed E-state index contributed by atoms with van der Waals surface area (Å²) < 4.78 is 0. The molecule has 4 aromatic rings. The van der Waals surface area contributed by atoms with Crippen molar-refractivity contribution in [1.82, 2.24) is 35.5 Å². The highest BCUT2D eigenvalue weighted by molar-refractivity contribution is 7.13. The van der Waals surface area contributed by atoms with Gasteiger partial charge in [-0.2, -0.15) is 5.10 Å². The van der Waals surface area contributed by atoms with E-state index in [0.717, 1.165) is 52.2 Å². The van der Waals surface area contributed by atoms with E-state index in [1.807, 2.05) is 6.20 Å². The van der Waals surface area contributed by atoms with Crippen LogP contribution in [0.25, 0.3) is 22.3 Å². The molecule has 0 radical (unpaired) electrons. The van der Waals surface area contributed by atoms with Gasteiger partial charge in [0.15, 0.2) is 5.65 Å². The second-order valence-electron chi connectivity index (χ2n) is 8.82. The van der Waals surface area contributed by atoms with Gasteiger partial charge in [-0.25, -0.2) is 15.0 Å². The van der Waals surface area contributed by atoms with Gasteiger partial charge in [0.05, 0.1) is 40.2 Å². The largest absolute Gasteiger partial charge is 0.343 e. The van der Waals surface area contributed by atoms with Gasteiger partial charge in [0.2, 0.25) is 0 Å². The molecule has 5 rings (SSSR count). The zero-order valence-electron chi connectivity index (χ0n) is 17.6. The van der Waals surface area contributed by atoms with Crippen LogP contribution in [0.3, 0.4) is 0 Å². The third-order valence-electron chi connectivity index (χ3n) is 5.47. The SMILES string of the molecule is CC(C)(C)c1ncc(C(=O)N[C@@H]2CCCc3cc(-c4ncnc5[nH]ncc45)cnc32)s1. The van der Waals surface area contributed by atoms with E-state index < -0.39 is 0 Å². The Bertz CT molecular complexity index is 1270. The smallest absolute Gasteiger partial charge is 0.263 e. The van der Waals surface area contributed by atoms with Gasteiger partial charge >= 0.3 is 0 Å². The van der Waals surface area contributed by atoms with Crippen molar-refractivity contribution in [2.75, 3.05) is 0 Å². The van der Waals surface area contributed by atoms with E-state index in [-0.39, 0.29) is 17.4 Å². The number of H-pyrrole nitrogens is 1. The van der Waals surface area contributed by atoms with E-state index >= 15 is 0 Å². The Balaban J connectivity index is 1.41. The fraction of sp³-hybridized carbons (Fsp3) is 0.364. The Morgan fingerprint density at radius 3 is 2.84 bits per heavy atom. The van der Waals surface area contributed by atoms with Crippen LogP contribution in [0.5, 0.6) is 0 Å². The number of aromatic amines is 1. The molecule has 0 bridgehead atoms. The van der Waals surface area contributed by atoms with E-state index in [0.29, 0.717) is 10.5 Å². The lowest BCUT2D eigenvalue weighted by Gasteiger charge is -2.25. The molecular formula is C22H23N7OS. The van der Waals surface area contributed by atoms with Crippen LogP contribution in [0.15, 0.2) is 31.0 Å². The zero-order chi connectivity index (χ0) is 21.6. The summed E-state index contributed by atoms with van der Waals surface area (Å²) in [5, 5.41) is 11.9. The summed E-state index contributed by atoms with van der Waals surface area (Å²) >= 11 is 1.45. The molecule has 0 unspecified atom stereocenters. The molecule has 31 heavy (non-hydrogen) atoms.